The highest BCUT2D eigenvalue weighted by Gasteiger charge is 2.02. The number of hydrogen-bond donors (Lipinski definition) is 3. The molecule has 0 saturated carbocycles. The van der Waals surface area contributed by atoms with Crippen LogP contribution in [0, 0.1) is 0 Å². The van der Waals surface area contributed by atoms with Crippen molar-refractivity contribution < 1.29 is 4.79 Å². The molecule has 0 aliphatic heterocycles. The Bertz CT molecular complexity index is 335. The topological polar surface area (TPSA) is 92.4 Å². The molecule has 74 valence electrons. The van der Waals surface area contributed by atoms with Crippen LogP contribution in [0.1, 0.15) is 10.4 Å². The number of nitrogens with two attached hydrogens (primary N) is 1. The highest BCUT2D eigenvalue weighted by atomic mass is 16.2. The zero-order valence-electron chi connectivity index (χ0n) is 7.69. The average Bonchev–Trinajstić information content (AvgIpc) is 2.26. The maximum atomic E-state index is 11.4. The first-order valence-electron chi connectivity index (χ1n) is 3.92. The molecule has 0 bridgehead atoms. The molecule has 0 aliphatic carbocycles. The number of rotatable bonds is 1. The minimum Gasteiger partial charge on any atom is -0.369 e. The van der Waals surface area contributed by atoms with Gasteiger partial charge in [0.15, 0.2) is 0 Å². The summed E-state index contributed by atoms with van der Waals surface area (Å²) < 4.78 is 0. The molecule has 0 aliphatic rings. The molecule has 0 spiro atoms. The summed E-state index contributed by atoms with van der Waals surface area (Å²) in [5, 5.41) is 0. The molecule has 1 rings (SSSR count). The van der Waals surface area contributed by atoms with Crippen molar-refractivity contribution in [3.8, 4) is 0 Å². The van der Waals surface area contributed by atoms with Crippen LogP contribution in [0.15, 0.2) is 29.5 Å². The van der Waals surface area contributed by atoms with E-state index in [2.05, 4.69) is 20.8 Å². The number of pyridine rings is 1. The molecule has 1 aromatic heterocycles. The molecule has 0 radical (unpaired) electrons. The van der Waals surface area contributed by atoms with Gasteiger partial charge in [0.2, 0.25) is 5.96 Å². The summed E-state index contributed by atoms with van der Waals surface area (Å²) >= 11 is 0. The number of amides is 1. The van der Waals surface area contributed by atoms with Crippen LogP contribution in [-0.4, -0.2) is 23.9 Å². The quantitative estimate of drug-likeness (QED) is 0.311. The first-order chi connectivity index (χ1) is 6.74. The van der Waals surface area contributed by atoms with E-state index in [1.54, 1.807) is 12.1 Å². The smallest absolute Gasteiger partial charge is 0.269 e. The van der Waals surface area contributed by atoms with Gasteiger partial charge in [-0.2, -0.15) is 0 Å². The minimum atomic E-state index is -0.293. The zero-order chi connectivity index (χ0) is 10.4. The average molecular weight is 193 g/mol. The van der Waals surface area contributed by atoms with Gasteiger partial charge in [-0.1, -0.05) is 0 Å². The molecule has 6 nitrogen and oxygen atoms in total. The normalized spacial score (nSPS) is 10.8. The lowest BCUT2D eigenvalue weighted by molar-refractivity contribution is 0.0943. The monoisotopic (exact) mass is 193 g/mol. The molecule has 1 heterocycles. The molecule has 14 heavy (non-hydrogen) atoms. The maximum absolute atomic E-state index is 11.4. The van der Waals surface area contributed by atoms with Crippen LogP contribution in [0.2, 0.25) is 0 Å². The van der Waals surface area contributed by atoms with E-state index in [0.29, 0.717) is 5.56 Å². The van der Waals surface area contributed by atoms with E-state index >= 15 is 0 Å². The van der Waals surface area contributed by atoms with E-state index in [0.717, 1.165) is 0 Å². The van der Waals surface area contributed by atoms with E-state index in [1.807, 2.05) is 0 Å². The molecule has 0 aromatic carbocycles. The van der Waals surface area contributed by atoms with Crippen molar-refractivity contribution in [3.05, 3.63) is 30.1 Å². The first-order valence-corrected chi connectivity index (χ1v) is 3.92. The van der Waals surface area contributed by atoms with E-state index in [4.69, 9.17) is 5.73 Å². The summed E-state index contributed by atoms with van der Waals surface area (Å²) in [5.74, 6) is -0.147. The zero-order valence-corrected chi connectivity index (χ0v) is 7.69. The van der Waals surface area contributed by atoms with Crippen LogP contribution >= 0.6 is 0 Å². The van der Waals surface area contributed by atoms with Crippen molar-refractivity contribution >= 4 is 11.9 Å². The Morgan fingerprint density at radius 2 is 2.07 bits per heavy atom. The molecule has 0 unspecified atom stereocenters. The molecule has 0 fully saturated rings. The van der Waals surface area contributed by atoms with Crippen LogP contribution in [0.3, 0.4) is 0 Å². The van der Waals surface area contributed by atoms with Crippen molar-refractivity contribution in [1.29, 1.82) is 0 Å². The van der Waals surface area contributed by atoms with Crippen LogP contribution in [0.25, 0.3) is 0 Å². The third-order valence-electron chi connectivity index (χ3n) is 1.49. The molecular weight excluding hydrogens is 182 g/mol. The number of nitrogens with one attached hydrogen (secondary N) is 2. The van der Waals surface area contributed by atoms with Gasteiger partial charge in [-0.25, -0.2) is 0 Å². The predicted octanol–water partition coefficient (Wildman–Crippen LogP) is -0.739. The maximum Gasteiger partial charge on any atom is 0.269 e. The van der Waals surface area contributed by atoms with Gasteiger partial charge >= 0.3 is 0 Å². The Labute approximate surface area is 81.2 Å². The highest BCUT2D eigenvalue weighted by Crippen LogP contribution is 1.93. The third kappa shape index (κ3) is 2.74. The summed E-state index contributed by atoms with van der Waals surface area (Å²) in [6.45, 7) is 0. The Balaban J connectivity index is 2.52. The largest absolute Gasteiger partial charge is 0.369 e. The fourth-order valence-corrected chi connectivity index (χ4v) is 0.752. The number of carbonyl (C=O) groups is 1. The number of aliphatic imine (C=N–C) groups is 1. The Hall–Kier alpha value is -2.11. The Morgan fingerprint density at radius 1 is 1.43 bits per heavy atom. The van der Waals surface area contributed by atoms with Gasteiger partial charge in [-0.15, -0.1) is 0 Å². The van der Waals surface area contributed by atoms with Gasteiger partial charge in [0.1, 0.15) is 0 Å². The van der Waals surface area contributed by atoms with Crippen molar-refractivity contribution in [2.45, 2.75) is 0 Å². The second kappa shape index (κ2) is 4.80. The fraction of sp³-hybridized carbons (Fsp3) is 0.125. The Kier molecular flexibility index (Phi) is 3.42. The number of nitrogens with zero attached hydrogens (tertiary/aromatic N) is 2. The van der Waals surface area contributed by atoms with E-state index in [9.17, 15) is 4.79 Å². The first kappa shape index (κ1) is 9.97. The molecule has 4 N–H and O–H groups in total. The number of hydrogen-bond acceptors (Lipinski definition) is 3. The molecule has 0 saturated heterocycles. The van der Waals surface area contributed by atoms with Gasteiger partial charge in [-0.05, 0) is 12.1 Å². The van der Waals surface area contributed by atoms with Gasteiger partial charge in [0.25, 0.3) is 5.91 Å². The van der Waals surface area contributed by atoms with Crippen LogP contribution in [-0.2, 0) is 0 Å². The van der Waals surface area contributed by atoms with Gasteiger partial charge in [0, 0.05) is 25.0 Å². The van der Waals surface area contributed by atoms with Crippen LogP contribution in [0.4, 0.5) is 0 Å². The van der Waals surface area contributed by atoms with Crippen LogP contribution < -0.4 is 16.6 Å². The minimum absolute atomic E-state index is 0.146. The van der Waals surface area contributed by atoms with Crippen molar-refractivity contribution in [2.24, 2.45) is 10.7 Å². The summed E-state index contributed by atoms with van der Waals surface area (Å²) in [5.41, 5.74) is 10.6. The highest BCUT2D eigenvalue weighted by molar-refractivity contribution is 5.95. The number of guanidine groups is 1. The van der Waals surface area contributed by atoms with Crippen molar-refractivity contribution in [3.63, 3.8) is 0 Å². The predicted molar refractivity (Wildman–Crippen MR) is 52.4 cm³/mol. The second-order valence-electron chi connectivity index (χ2n) is 2.42. The molecular formula is C8H11N5O. The SMILES string of the molecule is CN=C(N)NNC(=O)c1ccncc1. The standard InChI is InChI=1S/C8H11N5O/c1-10-8(9)13-12-7(14)6-2-4-11-5-3-6/h2-5H,1H3,(H,12,14)(H3,9,10,13). The number of carbonyl (C=O) groups excluding carboxylic acids is 1. The molecule has 0 atom stereocenters. The lowest BCUT2D eigenvalue weighted by Crippen LogP contribution is -2.45. The summed E-state index contributed by atoms with van der Waals surface area (Å²) in [4.78, 5) is 18.8. The molecule has 1 aromatic rings. The van der Waals surface area contributed by atoms with E-state index < -0.39 is 0 Å². The second-order valence-corrected chi connectivity index (χ2v) is 2.42. The molecule has 6 heteroatoms. The van der Waals surface area contributed by atoms with E-state index in [-0.39, 0.29) is 11.9 Å². The van der Waals surface area contributed by atoms with Gasteiger partial charge in [-0.3, -0.25) is 25.6 Å². The lowest BCUT2D eigenvalue weighted by atomic mass is 10.3. The fourth-order valence-electron chi connectivity index (χ4n) is 0.752. The number of aromatic nitrogens is 1. The Morgan fingerprint density at radius 3 is 2.64 bits per heavy atom. The summed E-state index contributed by atoms with van der Waals surface area (Å²) in [6.07, 6.45) is 3.07. The van der Waals surface area contributed by atoms with Crippen molar-refractivity contribution in [1.82, 2.24) is 15.8 Å². The summed E-state index contributed by atoms with van der Waals surface area (Å²) in [6, 6.07) is 3.19. The van der Waals surface area contributed by atoms with Crippen LogP contribution in [0.5, 0.6) is 0 Å². The number of hydrazine groups is 1. The van der Waals surface area contributed by atoms with Gasteiger partial charge < -0.3 is 5.73 Å². The molecule has 1 amide bonds. The van der Waals surface area contributed by atoms with Crippen molar-refractivity contribution in [2.75, 3.05) is 7.05 Å². The third-order valence-corrected chi connectivity index (χ3v) is 1.49. The van der Waals surface area contributed by atoms with Gasteiger partial charge in [0.05, 0.1) is 0 Å². The summed E-state index contributed by atoms with van der Waals surface area (Å²) in [7, 11) is 1.51. The lowest BCUT2D eigenvalue weighted by Gasteiger charge is -2.06. The van der Waals surface area contributed by atoms with E-state index in [1.165, 1.54) is 19.4 Å².